The predicted octanol–water partition coefficient (Wildman–Crippen LogP) is 2.97. The standard InChI is InChI=1S/C22H25ClFN5O3/c1-15(30)26-17-4-2-3-16(13-17)21(31)28-22(25-7-8-29-9-11-32-12-10-29)27-18-5-6-20(24)19(23)14-18/h2-6,13-14H,7-12H2,1H3,(H,26,30)(H2,25,27,28,31). The molecule has 10 heteroatoms. The molecule has 0 unspecified atom stereocenters. The highest BCUT2D eigenvalue weighted by atomic mass is 35.5. The van der Waals surface area contributed by atoms with Crippen molar-refractivity contribution in [2.45, 2.75) is 6.92 Å². The molecule has 1 fully saturated rings. The normalized spacial score (nSPS) is 14.7. The van der Waals surface area contributed by atoms with Gasteiger partial charge in [0.15, 0.2) is 0 Å². The fourth-order valence-corrected chi connectivity index (χ4v) is 3.25. The molecule has 2 amide bonds. The van der Waals surface area contributed by atoms with Crippen LogP contribution in [0.15, 0.2) is 47.5 Å². The number of aliphatic imine (C=N–C) groups is 1. The molecular formula is C22H25ClFN5O3. The first-order chi connectivity index (χ1) is 15.4. The average molecular weight is 462 g/mol. The Hall–Kier alpha value is -3.01. The zero-order valence-electron chi connectivity index (χ0n) is 17.7. The van der Waals surface area contributed by atoms with Gasteiger partial charge in [-0.2, -0.15) is 0 Å². The van der Waals surface area contributed by atoms with Crippen LogP contribution in [0.5, 0.6) is 0 Å². The zero-order chi connectivity index (χ0) is 22.9. The highest BCUT2D eigenvalue weighted by molar-refractivity contribution is 6.31. The van der Waals surface area contributed by atoms with Crippen molar-refractivity contribution < 1.29 is 18.7 Å². The van der Waals surface area contributed by atoms with Gasteiger partial charge in [0.2, 0.25) is 11.9 Å². The van der Waals surface area contributed by atoms with Crippen LogP contribution in [0.3, 0.4) is 0 Å². The number of nitrogens with zero attached hydrogens (tertiary/aromatic N) is 2. The summed E-state index contributed by atoms with van der Waals surface area (Å²) in [7, 11) is 0. The molecule has 0 spiro atoms. The van der Waals surface area contributed by atoms with Gasteiger partial charge in [-0.05, 0) is 36.4 Å². The van der Waals surface area contributed by atoms with Crippen molar-refractivity contribution in [1.29, 1.82) is 0 Å². The van der Waals surface area contributed by atoms with E-state index in [0.717, 1.165) is 13.1 Å². The molecule has 0 aromatic heterocycles. The van der Waals surface area contributed by atoms with E-state index in [2.05, 4.69) is 25.8 Å². The number of rotatable bonds is 6. The van der Waals surface area contributed by atoms with E-state index < -0.39 is 11.7 Å². The summed E-state index contributed by atoms with van der Waals surface area (Å²) in [6.45, 7) is 5.55. The van der Waals surface area contributed by atoms with Gasteiger partial charge in [0.25, 0.3) is 5.91 Å². The second-order valence-electron chi connectivity index (χ2n) is 7.15. The first kappa shape index (κ1) is 23.6. The molecule has 1 aliphatic rings. The Bertz CT molecular complexity index is 995. The third-order valence-electron chi connectivity index (χ3n) is 4.65. The number of benzene rings is 2. The van der Waals surface area contributed by atoms with Crippen molar-refractivity contribution in [1.82, 2.24) is 10.2 Å². The van der Waals surface area contributed by atoms with E-state index in [4.69, 9.17) is 16.3 Å². The zero-order valence-corrected chi connectivity index (χ0v) is 18.4. The Morgan fingerprint density at radius 2 is 1.88 bits per heavy atom. The second kappa shape index (κ2) is 11.6. The summed E-state index contributed by atoms with van der Waals surface area (Å²) in [5.74, 6) is -0.983. The molecule has 170 valence electrons. The number of halogens is 2. The molecule has 0 bridgehead atoms. The van der Waals surface area contributed by atoms with E-state index in [1.807, 2.05) is 0 Å². The highest BCUT2D eigenvalue weighted by Crippen LogP contribution is 2.19. The Balaban J connectivity index is 1.72. The molecule has 1 saturated heterocycles. The number of hydrogen-bond donors (Lipinski definition) is 3. The number of amides is 2. The highest BCUT2D eigenvalue weighted by Gasteiger charge is 2.13. The van der Waals surface area contributed by atoms with E-state index in [0.29, 0.717) is 43.2 Å². The lowest BCUT2D eigenvalue weighted by molar-refractivity contribution is -0.114. The summed E-state index contributed by atoms with van der Waals surface area (Å²) in [5, 5.41) is 8.33. The minimum Gasteiger partial charge on any atom is -0.379 e. The average Bonchev–Trinajstić information content (AvgIpc) is 2.76. The first-order valence-corrected chi connectivity index (χ1v) is 10.5. The monoisotopic (exact) mass is 461 g/mol. The molecular weight excluding hydrogens is 437 g/mol. The maximum absolute atomic E-state index is 13.5. The van der Waals surface area contributed by atoms with Crippen molar-refractivity contribution >= 4 is 40.7 Å². The SMILES string of the molecule is CC(=O)Nc1cccc(C(=O)NC(=NCCN2CCOCC2)Nc2ccc(F)c(Cl)c2)c1. The second-order valence-corrected chi connectivity index (χ2v) is 7.56. The Morgan fingerprint density at radius 3 is 2.59 bits per heavy atom. The van der Waals surface area contributed by atoms with Gasteiger partial charge in [-0.15, -0.1) is 0 Å². The van der Waals surface area contributed by atoms with Gasteiger partial charge < -0.3 is 15.4 Å². The number of anilines is 2. The van der Waals surface area contributed by atoms with Crippen LogP contribution in [-0.2, 0) is 9.53 Å². The van der Waals surface area contributed by atoms with Crippen LogP contribution >= 0.6 is 11.6 Å². The van der Waals surface area contributed by atoms with Crippen molar-refractivity contribution in [2.24, 2.45) is 4.99 Å². The van der Waals surface area contributed by atoms with Gasteiger partial charge in [-0.25, -0.2) is 4.39 Å². The van der Waals surface area contributed by atoms with E-state index >= 15 is 0 Å². The number of carbonyl (C=O) groups is 2. The van der Waals surface area contributed by atoms with Crippen LogP contribution in [0.4, 0.5) is 15.8 Å². The van der Waals surface area contributed by atoms with E-state index in [9.17, 15) is 14.0 Å². The summed E-state index contributed by atoms with van der Waals surface area (Å²) >= 11 is 5.87. The van der Waals surface area contributed by atoms with Crippen molar-refractivity contribution in [3.8, 4) is 0 Å². The van der Waals surface area contributed by atoms with Crippen LogP contribution in [0, 0.1) is 5.82 Å². The lowest BCUT2D eigenvalue weighted by atomic mass is 10.2. The molecule has 1 heterocycles. The number of ether oxygens (including phenoxy) is 1. The van der Waals surface area contributed by atoms with Crippen molar-refractivity contribution in [2.75, 3.05) is 50.0 Å². The summed E-state index contributed by atoms with van der Waals surface area (Å²) in [5.41, 5.74) is 1.33. The smallest absolute Gasteiger partial charge is 0.258 e. The topological polar surface area (TPSA) is 95.1 Å². The molecule has 2 aromatic carbocycles. The molecule has 0 saturated carbocycles. The fraction of sp³-hybridized carbons (Fsp3) is 0.318. The van der Waals surface area contributed by atoms with Crippen molar-refractivity contribution in [3.63, 3.8) is 0 Å². The van der Waals surface area contributed by atoms with Gasteiger partial charge in [0, 0.05) is 43.5 Å². The minimum atomic E-state index is -0.540. The molecule has 3 rings (SSSR count). The maximum Gasteiger partial charge on any atom is 0.258 e. The first-order valence-electron chi connectivity index (χ1n) is 10.2. The van der Waals surface area contributed by atoms with Gasteiger partial charge in [0.1, 0.15) is 5.82 Å². The van der Waals surface area contributed by atoms with E-state index in [-0.39, 0.29) is 16.9 Å². The Labute approximate surface area is 190 Å². The molecule has 1 aliphatic heterocycles. The third-order valence-corrected chi connectivity index (χ3v) is 4.94. The van der Waals surface area contributed by atoms with Gasteiger partial charge in [0.05, 0.1) is 24.8 Å². The van der Waals surface area contributed by atoms with Crippen molar-refractivity contribution in [3.05, 3.63) is 58.9 Å². The van der Waals surface area contributed by atoms with Crippen LogP contribution in [0.25, 0.3) is 0 Å². The summed E-state index contributed by atoms with van der Waals surface area (Å²) < 4.78 is 18.8. The minimum absolute atomic E-state index is 0.0444. The summed E-state index contributed by atoms with van der Waals surface area (Å²) in [6, 6.07) is 10.7. The molecule has 2 aromatic rings. The molecule has 8 nitrogen and oxygen atoms in total. The van der Waals surface area contributed by atoms with E-state index in [1.54, 1.807) is 24.3 Å². The van der Waals surface area contributed by atoms with Gasteiger partial charge >= 0.3 is 0 Å². The summed E-state index contributed by atoms with van der Waals surface area (Å²) in [4.78, 5) is 30.8. The molecule has 3 N–H and O–H groups in total. The largest absolute Gasteiger partial charge is 0.379 e. The van der Waals surface area contributed by atoms with Crippen LogP contribution < -0.4 is 16.0 Å². The molecule has 0 aliphatic carbocycles. The quantitative estimate of drug-likeness (QED) is 0.454. The molecule has 0 atom stereocenters. The number of morpholine rings is 1. The number of hydrogen-bond acceptors (Lipinski definition) is 5. The lowest BCUT2D eigenvalue weighted by Gasteiger charge is -2.25. The summed E-state index contributed by atoms with van der Waals surface area (Å²) in [6.07, 6.45) is 0. The lowest BCUT2D eigenvalue weighted by Crippen LogP contribution is -2.39. The number of guanidine groups is 1. The van der Waals surface area contributed by atoms with Gasteiger partial charge in [-0.1, -0.05) is 17.7 Å². The van der Waals surface area contributed by atoms with E-state index in [1.165, 1.54) is 25.1 Å². The third kappa shape index (κ3) is 7.30. The number of carbonyl (C=O) groups excluding carboxylic acids is 2. The Morgan fingerprint density at radius 1 is 1.12 bits per heavy atom. The van der Waals surface area contributed by atoms with Crippen LogP contribution in [0.2, 0.25) is 5.02 Å². The maximum atomic E-state index is 13.5. The fourth-order valence-electron chi connectivity index (χ4n) is 3.07. The van der Waals surface area contributed by atoms with Crippen LogP contribution in [0.1, 0.15) is 17.3 Å². The Kier molecular flexibility index (Phi) is 8.55. The number of nitrogens with one attached hydrogen (secondary N) is 3. The molecule has 32 heavy (non-hydrogen) atoms. The van der Waals surface area contributed by atoms with Crippen LogP contribution in [-0.4, -0.2) is 62.1 Å². The molecule has 0 radical (unpaired) electrons. The van der Waals surface area contributed by atoms with Gasteiger partial charge in [-0.3, -0.25) is 24.8 Å². The predicted molar refractivity (Wildman–Crippen MR) is 123 cm³/mol.